The molecule has 14 nitrogen and oxygen atoms in total. The summed E-state index contributed by atoms with van der Waals surface area (Å²) >= 11 is 1.55. The summed E-state index contributed by atoms with van der Waals surface area (Å²) in [4.78, 5) is 0. The van der Waals surface area contributed by atoms with Gasteiger partial charge >= 0.3 is 41.6 Å². The summed E-state index contributed by atoms with van der Waals surface area (Å²) < 4.78 is 104. The van der Waals surface area contributed by atoms with Crippen molar-refractivity contribution in [3.8, 4) is 10.4 Å². The molecule has 0 aromatic carbocycles. The average molecular weight is 659 g/mol. The average Bonchev–Trinajstić information content (AvgIpc) is 3.00. The molecule has 1 rings (SSSR count). The molecule has 1 aromatic heterocycles. The normalized spacial score (nSPS) is 15.3. The maximum atomic E-state index is 12.5. The second kappa shape index (κ2) is 12.6. The Kier molecular flexibility index (Phi) is 11.7. The van der Waals surface area contributed by atoms with Crippen molar-refractivity contribution in [3.05, 3.63) is 0 Å². The Bertz CT molecular complexity index is 1270. The molecule has 1 atom stereocenters. The number of nitrogens with zero attached hydrogens (tertiary/aromatic N) is 2. The van der Waals surface area contributed by atoms with E-state index in [9.17, 15) is 25.3 Å². The monoisotopic (exact) mass is 658 g/mol. The van der Waals surface area contributed by atoms with Crippen LogP contribution >= 0.6 is 23.1 Å². The van der Waals surface area contributed by atoms with E-state index >= 15 is 0 Å². The molecule has 19 heteroatoms. The third kappa shape index (κ3) is 15.7. The molecule has 0 saturated carbocycles. The molecular formula is C20H38N2O12S5. The molecule has 0 spiro atoms. The lowest BCUT2D eigenvalue weighted by Crippen LogP contribution is -2.41. The van der Waals surface area contributed by atoms with E-state index in [1.165, 1.54) is 25.6 Å². The SMILES string of the molecule is CC(C)(C)CC(C)(C)SCOS(=O)(=O)Oc1nnc(OS(=O)(=O)OC(OS(=O)(=O)O)C(C)(C)CC(C)(C)C)s1. The predicted molar refractivity (Wildman–Crippen MR) is 146 cm³/mol. The van der Waals surface area contributed by atoms with Crippen LogP contribution in [0, 0.1) is 16.2 Å². The fourth-order valence-corrected chi connectivity index (χ4v) is 8.19. The third-order valence-corrected chi connectivity index (χ3v) is 8.53. The van der Waals surface area contributed by atoms with Gasteiger partial charge in [-0.15, -0.1) is 11.8 Å². The van der Waals surface area contributed by atoms with E-state index in [2.05, 4.69) is 39.3 Å². The summed E-state index contributed by atoms with van der Waals surface area (Å²) in [5.41, 5.74) is -1.66. The topological polar surface area (TPSA) is 195 Å². The largest absolute Gasteiger partial charge is 0.453 e. The molecule has 0 radical (unpaired) electrons. The summed E-state index contributed by atoms with van der Waals surface area (Å²) in [6.07, 6.45) is -1.03. The highest BCUT2D eigenvalue weighted by Gasteiger charge is 2.42. The molecule has 1 heterocycles. The highest BCUT2D eigenvalue weighted by Crippen LogP contribution is 2.39. The van der Waals surface area contributed by atoms with Crippen molar-refractivity contribution in [2.45, 2.75) is 93.1 Å². The van der Waals surface area contributed by atoms with Gasteiger partial charge in [-0.25, -0.2) is 12.5 Å². The second-order valence-electron chi connectivity index (χ2n) is 12.4. The van der Waals surface area contributed by atoms with Crippen LogP contribution in [0.5, 0.6) is 10.4 Å². The van der Waals surface area contributed by atoms with E-state index in [-0.39, 0.29) is 22.5 Å². The minimum Gasteiger partial charge on any atom is -0.329 e. The first-order valence-corrected chi connectivity index (χ1v) is 17.3. The van der Waals surface area contributed by atoms with Crippen molar-refractivity contribution >= 4 is 54.3 Å². The van der Waals surface area contributed by atoms with Crippen molar-refractivity contribution in [1.82, 2.24) is 10.2 Å². The number of aromatic nitrogens is 2. The molecule has 0 fully saturated rings. The van der Waals surface area contributed by atoms with Gasteiger partial charge in [-0.1, -0.05) is 79.4 Å². The van der Waals surface area contributed by atoms with Gasteiger partial charge in [0.1, 0.15) is 5.94 Å². The van der Waals surface area contributed by atoms with Crippen LogP contribution in [0.4, 0.5) is 0 Å². The van der Waals surface area contributed by atoms with Gasteiger partial charge in [0, 0.05) is 10.2 Å². The van der Waals surface area contributed by atoms with Crippen molar-refractivity contribution in [1.29, 1.82) is 0 Å². The van der Waals surface area contributed by atoms with Crippen molar-refractivity contribution in [2.24, 2.45) is 16.2 Å². The van der Waals surface area contributed by atoms with Gasteiger partial charge in [0.25, 0.3) is 0 Å². The highest BCUT2D eigenvalue weighted by molar-refractivity contribution is 8.00. The van der Waals surface area contributed by atoms with Crippen LogP contribution in [0.3, 0.4) is 0 Å². The van der Waals surface area contributed by atoms with Gasteiger partial charge in [-0.2, -0.15) is 25.3 Å². The maximum Gasteiger partial charge on any atom is 0.453 e. The molecule has 0 amide bonds. The van der Waals surface area contributed by atoms with E-state index in [1.54, 1.807) is 0 Å². The smallest absolute Gasteiger partial charge is 0.329 e. The summed E-state index contributed by atoms with van der Waals surface area (Å²) in [5.74, 6) is -0.241. The van der Waals surface area contributed by atoms with Crippen molar-refractivity contribution < 1.29 is 50.7 Å². The first-order valence-electron chi connectivity index (χ1n) is 11.4. The summed E-state index contributed by atoms with van der Waals surface area (Å²) in [6.45, 7) is 18.5. The van der Waals surface area contributed by atoms with E-state index in [1.807, 2.05) is 34.6 Å². The lowest BCUT2D eigenvalue weighted by molar-refractivity contribution is -0.0961. The molecule has 230 valence electrons. The fourth-order valence-electron chi connectivity index (χ4n) is 4.00. The first kappa shape index (κ1) is 36.2. The third-order valence-electron chi connectivity index (χ3n) is 4.37. The van der Waals surface area contributed by atoms with Crippen LogP contribution in [-0.2, 0) is 43.7 Å². The standard InChI is InChI=1S/C20H38N2O12S5/c1-17(2,3)11-19(7,8)14(31-37(23,24)25)32-39(28,29)34-16-22-21-15(36-16)33-38(26,27)30-13-35-20(9,10)12-18(4,5)6/h14H,11-13H2,1-10H3,(H,23,24,25). The van der Waals surface area contributed by atoms with Crippen LogP contribution in [0.25, 0.3) is 0 Å². The zero-order valence-electron chi connectivity index (χ0n) is 23.6. The molecule has 0 bridgehead atoms. The lowest BCUT2D eigenvalue weighted by Gasteiger charge is -2.36. The van der Waals surface area contributed by atoms with E-state index < -0.39 is 58.7 Å². The Morgan fingerprint density at radius 3 is 1.67 bits per heavy atom. The van der Waals surface area contributed by atoms with Crippen LogP contribution < -0.4 is 8.37 Å². The van der Waals surface area contributed by atoms with Gasteiger partial charge in [-0.3, -0.25) is 4.55 Å². The van der Waals surface area contributed by atoms with Crippen molar-refractivity contribution in [2.75, 3.05) is 5.94 Å². The first-order chi connectivity index (χ1) is 17.1. The Morgan fingerprint density at radius 2 is 1.23 bits per heavy atom. The van der Waals surface area contributed by atoms with E-state index in [0.29, 0.717) is 11.3 Å². The zero-order chi connectivity index (χ0) is 30.7. The van der Waals surface area contributed by atoms with Crippen LogP contribution in [0.2, 0.25) is 0 Å². The zero-order valence-corrected chi connectivity index (χ0v) is 27.7. The van der Waals surface area contributed by atoms with Gasteiger partial charge in [0.15, 0.2) is 0 Å². The number of rotatable bonds is 15. The molecule has 1 N–H and O–H groups in total. The Hall–Kier alpha value is -0.800. The number of hydrogen-bond acceptors (Lipinski definition) is 15. The van der Waals surface area contributed by atoms with E-state index in [4.69, 9.17) is 17.1 Å². The molecule has 1 unspecified atom stereocenters. The Morgan fingerprint density at radius 1 is 0.769 bits per heavy atom. The van der Waals surface area contributed by atoms with Crippen LogP contribution in [0.15, 0.2) is 0 Å². The molecule has 1 aromatic rings. The molecule has 0 aliphatic carbocycles. The minimum atomic E-state index is -5.12. The van der Waals surface area contributed by atoms with Crippen molar-refractivity contribution in [3.63, 3.8) is 0 Å². The Balaban J connectivity index is 2.90. The molecule has 0 aliphatic rings. The molecule has 0 aliphatic heterocycles. The van der Waals surface area contributed by atoms with E-state index in [0.717, 1.165) is 6.42 Å². The van der Waals surface area contributed by atoms with Crippen LogP contribution in [-0.4, -0.2) is 57.0 Å². The fraction of sp³-hybridized carbons (Fsp3) is 0.900. The second-order valence-corrected chi connectivity index (χ2v) is 18.3. The quantitative estimate of drug-likeness (QED) is 0.206. The molecule has 0 saturated heterocycles. The summed E-state index contributed by atoms with van der Waals surface area (Å²) in [7, 11) is -14.7. The highest BCUT2D eigenvalue weighted by atomic mass is 32.3. The van der Waals surface area contributed by atoms with Crippen LogP contribution in [0.1, 0.15) is 82.1 Å². The minimum absolute atomic E-state index is 0.0136. The maximum absolute atomic E-state index is 12.5. The summed E-state index contributed by atoms with van der Waals surface area (Å²) in [6, 6.07) is 0. The lowest BCUT2D eigenvalue weighted by atomic mass is 9.76. The van der Waals surface area contributed by atoms with Gasteiger partial charge < -0.3 is 8.37 Å². The van der Waals surface area contributed by atoms with Gasteiger partial charge in [-0.05, 0) is 35.0 Å². The Labute approximate surface area is 240 Å². The summed E-state index contributed by atoms with van der Waals surface area (Å²) in [5, 5.41) is 5.45. The van der Waals surface area contributed by atoms with Gasteiger partial charge in [0.2, 0.25) is 6.29 Å². The number of thioether (sulfide) groups is 1. The van der Waals surface area contributed by atoms with Gasteiger partial charge in [0.05, 0.1) is 0 Å². The molecule has 39 heavy (non-hydrogen) atoms. The predicted octanol–water partition coefficient (Wildman–Crippen LogP) is 4.33. The number of hydrogen-bond donors (Lipinski definition) is 1. The molecular weight excluding hydrogens is 621 g/mol.